The molecule has 4 rings (SSSR count). The average Bonchev–Trinajstić information content (AvgIpc) is 3.20. The van der Waals surface area contributed by atoms with Crippen LogP contribution >= 0.6 is 11.8 Å². The predicted octanol–water partition coefficient (Wildman–Crippen LogP) is 6.38. The number of esters is 1. The second-order valence-electron chi connectivity index (χ2n) is 7.42. The van der Waals surface area contributed by atoms with E-state index in [4.69, 9.17) is 13.9 Å². The van der Waals surface area contributed by atoms with E-state index in [0.717, 1.165) is 32.6 Å². The van der Waals surface area contributed by atoms with Gasteiger partial charge in [0.1, 0.15) is 18.0 Å². The highest BCUT2D eigenvalue weighted by atomic mass is 32.2. The number of thioether (sulfide) groups is 1. The lowest BCUT2D eigenvalue weighted by molar-refractivity contribution is -0.146. The standard InChI is InChI=1S/C26H24O5S/c1-16(26(28)30-15-17-7-5-4-6-8-17)18-10-12-22-20(13-18)25(32-3)24(31-22)19-9-11-21(27)23(14-19)29-2/h4-14,16,27H,15H2,1-3H3. The summed E-state index contributed by atoms with van der Waals surface area (Å²) in [4.78, 5) is 13.6. The van der Waals surface area contributed by atoms with Gasteiger partial charge in [-0.05, 0) is 54.6 Å². The van der Waals surface area contributed by atoms with Crippen molar-refractivity contribution < 1.29 is 23.8 Å². The molecule has 0 aliphatic heterocycles. The van der Waals surface area contributed by atoms with Crippen molar-refractivity contribution in [3.63, 3.8) is 0 Å². The van der Waals surface area contributed by atoms with Crippen molar-refractivity contribution in [2.24, 2.45) is 0 Å². The van der Waals surface area contributed by atoms with Gasteiger partial charge in [0.15, 0.2) is 11.5 Å². The molecule has 0 aliphatic carbocycles. The van der Waals surface area contributed by atoms with Gasteiger partial charge in [0.25, 0.3) is 0 Å². The van der Waals surface area contributed by atoms with Gasteiger partial charge in [-0.1, -0.05) is 36.4 Å². The topological polar surface area (TPSA) is 68.9 Å². The molecule has 0 fully saturated rings. The van der Waals surface area contributed by atoms with E-state index in [1.807, 2.05) is 61.7 Å². The number of fused-ring (bicyclic) bond motifs is 1. The Bertz CT molecular complexity index is 1250. The Morgan fingerprint density at radius 1 is 1.09 bits per heavy atom. The van der Waals surface area contributed by atoms with E-state index in [1.165, 1.54) is 7.11 Å². The second-order valence-corrected chi connectivity index (χ2v) is 8.24. The Morgan fingerprint density at radius 2 is 1.88 bits per heavy atom. The van der Waals surface area contributed by atoms with Gasteiger partial charge < -0.3 is 19.0 Å². The normalized spacial score (nSPS) is 12.0. The SMILES string of the molecule is COc1cc(-c2oc3ccc(C(C)C(=O)OCc4ccccc4)cc3c2SC)ccc1O. The molecular weight excluding hydrogens is 424 g/mol. The van der Waals surface area contributed by atoms with Crippen molar-refractivity contribution >= 4 is 28.7 Å². The fourth-order valence-corrected chi connectivity index (χ4v) is 4.29. The minimum atomic E-state index is -0.412. The van der Waals surface area contributed by atoms with E-state index in [9.17, 15) is 9.90 Å². The van der Waals surface area contributed by atoms with E-state index in [-0.39, 0.29) is 18.3 Å². The molecule has 0 amide bonds. The van der Waals surface area contributed by atoms with E-state index in [2.05, 4.69) is 0 Å². The summed E-state index contributed by atoms with van der Waals surface area (Å²) in [6.45, 7) is 2.10. The van der Waals surface area contributed by atoms with Crippen LogP contribution in [0.25, 0.3) is 22.3 Å². The van der Waals surface area contributed by atoms with Crippen LogP contribution in [0, 0.1) is 0 Å². The Balaban J connectivity index is 1.63. The van der Waals surface area contributed by atoms with Crippen LogP contribution in [0.1, 0.15) is 24.0 Å². The third-order valence-corrected chi connectivity index (χ3v) is 6.20. The zero-order valence-corrected chi connectivity index (χ0v) is 18.9. The van der Waals surface area contributed by atoms with Crippen LogP contribution in [0.4, 0.5) is 0 Å². The number of rotatable bonds is 7. The van der Waals surface area contributed by atoms with E-state index < -0.39 is 5.92 Å². The maximum Gasteiger partial charge on any atom is 0.313 e. The molecule has 1 heterocycles. The van der Waals surface area contributed by atoms with Gasteiger partial charge in [-0.25, -0.2) is 0 Å². The average molecular weight is 449 g/mol. The van der Waals surface area contributed by atoms with Crippen LogP contribution in [0.2, 0.25) is 0 Å². The zero-order valence-electron chi connectivity index (χ0n) is 18.1. The summed E-state index contributed by atoms with van der Waals surface area (Å²) in [5.74, 6) is 0.465. The molecule has 1 N–H and O–H groups in total. The Morgan fingerprint density at radius 3 is 2.59 bits per heavy atom. The highest BCUT2D eigenvalue weighted by Crippen LogP contribution is 2.42. The van der Waals surface area contributed by atoms with Gasteiger partial charge in [0, 0.05) is 10.9 Å². The molecule has 1 unspecified atom stereocenters. The zero-order chi connectivity index (χ0) is 22.7. The highest BCUT2D eigenvalue weighted by molar-refractivity contribution is 7.99. The molecular formula is C26H24O5S. The lowest BCUT2D eigenvalue weighted by atomic mass is 10.00. The molecule has 1 atom stereocenters. The lowest BCUT2D eigenvalue weighted by Gasteiger charge is -2.12. The molecule has 0 aliphatic rings. The van der Waals surface area contributed by atoms with E-state index in [1.54, 1.807) is 30.0 Å². The minimum absolute atomic E-state index is 0.0724. The van der Waals surface area contributed by atoms with Crippen molar-refractivity contribution in [1.29, 1.82) is 0 Å². The summed E-state index contributed by atoms with van der Waals surface area (Å²) >= 11 is 1.57. The van der Waals surface area contributed by atoms with Crippen LogP contribution in [-0.4, -0.2) is 24.4 Å². The first kappa shape index (κ1) is 21.8. The van der Waals surface area contributed by atoms with Gasteiger partial charge in [-0.2, -0.15) is 0 Å². The fraction of sp³-hybridized carbons (Fsp3) is 0.192. The number of carbonyl (C=O) groups excluding carboxylic acids is 1. The summed E-state index contributed by atoms with van der Waals surface area (Å²) in [7, 11) is 1.51. The van der Waals surface area contributed by atoms with E-state index >= 15 is 0 Å². The van der Waals surface area contributed by atoms with Gasteiger partial charge in [-0.15, -0.1) is 11.8 Å². The molecule has 0 saturated heterocycles. The number of hydrogen-bond acceptors (Lipinski definition) is 6. The Kier molecular flexibility index (Phi) is 6.42. The Labute approximate surface area is 191 Å². The van der Waals surface area contributed by atoms with Crippen molar-refractivity contribution in [3.05, 3.63) is 77.9 Å². The quantitative estimate of drug-likeness (QED) is 0.261. The highest BCUT2D eigenvalue weighted by Gasteiger charge is 2.21. The summed E-state index contributed by atoms with van der Waals surface area (Å²) in [6, 6.07) is 20.5. The second kappa shape index (κ2) is 9.40. The van der Waals surface area contributed by atoms with Crippen LogP contribution < -0.4 is 4.74 Å². The summed E-state index contributed by atoms with van der Waals surface area (Å²) in [5, 5.41) is 10.8. The number of phenolic OH excluding ortho intramolecular Hbond substituents is 1. The summed E-state index contributed by atoms with van der Waals surface area (Å²) in [6.07, 6.45) is 1.98. The first-order valence-electron chi connectivity index (χ1n) is 10.2. The molecule has 0 radical (unpaired) electrons. The third-order valence-electron chi connectivity index (χ3n) is 5.39. The fourth-order valence-electron chi connectivity index (χ4n) is 3.56. The van der Waals surface area contributed by atoms with Gasteiger partial charge >= 0.3 is 5.97 Å². The van der Waals surface area contributed by atoms with Crippen molar-refractivity contribution in [2.45, 2.75) is 24.3 Å². The van der Waals surface area contributed by atoms with Crippen molar-refractivity contribution in [3.8, 4) is 22.8 Å². The summed E-state index contributed by atoms with van der Waals surface area (Å²) in [5.41, 5.74) is 3.35. The molecule has 0 spiro atoms. The number of furan rings is 1. The first-order chi connectivity index (χ1) is 15.5. The van der Waals surface area contributed by atoms with Gasteiger partial charge in [-0.3, -0.25) is 4.79 Å². The number of ether oxygens (including phenoxy) is 2. The lowest BCUT2D eigenvalue weighted by Crippen LogP contribution is -2.13. The molecule has 1 aromatic heterocycles. The maximum atomic E-state index is 12.6. The number of hydrogen-bond donors (Lipinski definition) is 1. The molecule has 3 aromatic carbocycles. The minimum Gasteiger partial charge on any atom is -0.504 e. The van der Waals surface area contributed by atoms with Crippen LogP contribution in [0.15, 0.2) is 76.0 Å². The monoisotopic (exact) mass is 448 g/mol. The van der Waals surface area contributed by atoms with Crippen LogP contribution in [0.5, 0.6) is 11.5 Å². The molecule has 164 valence electrons. The largest absolute Gasteiger partial charge is 0.504 e. The smallest absolute Gasteiger partial charge is 0.313 e. The number of carbonyl (C=O) groups is 1. The first-order valence-corrected chi connectivity index (χ1v) is 11.4. The van der Waals surface area contributed by atoms with Gasteiger partial charge in [0.2, 0.25) is 0 Å². The number of methoxy groups -OCH3 is 1. The number of benzene rings is 3. The third kappa shape index (κ3) is 4.32. The molecule has 6 heteroatoms. The van der Waals surface area contributed by atoms with Crippen molar-refractivity contribution in [2.75, 3.05) is 13.4 Å². The predicted molar refractivity (Wildman–Crippen MR) is 126 cm³/mol. The molecule has 0 bridgehead atoms. The number of aromatic hydroxyl groups is 1. The Hall–Kier alpha value is -3.38. The van der Waals surface area contributed by atoms with Crippen LogP contribution in [0.3, 0.4) is 0 Å². The molecule has 0 saturated carbocycles. The van der Waals surface area contributed by atoms with E-state index in [0.29, 0.717) is 11.5 Å². The molecule has 32 heavy (non-hydrogen) atoms. The molecule has 4 aromatic rings. The van der Waals surface area contributed by atoms with Crippen molar-refractivity contribution in [1.82, 2.24) is 0 Å². The number of phenols is 1. The molecule has 5 nitrogen and oxygen atoms in total. The van der Waals surface area contributed by atoms with Gasteiger partial charge in [0.05, 0.1) is 17.9 Å². The summed E-state index contributed by atoms with van der Waals surface area (Å²) < 4.78 is 16.9. The maximum absolute atomic E-state index is 12.6. The van der Waals surface area contributed by atoms with Crippen LogP contribution in [-0.2, 0) is 16.1 Å².